The zero-order chi connectivity index (χ0) is 26.1. The molecule has 0 unspecified atom stereocenters. The van der Waals surface area contributed by atoms with Crippen molar-refractivity contribution in [3.05, 3.63) is 117 Å². The first-order valence-corrected chi connectivity index (χ1v) is 12.9. The number of fused-ring (bicyclic) bond motifs is 1. The average Bonchev–Trinajstić information content (AvgIpc) is 3.53. The van der Waals surface area contributed by atoms with E-state index in [9.17, 15) is 24.8 Å². The number of hydrogen-bond donors (Lipinski definition) is 1. The Labute approximate surface area is 217 Å². The topological polar surface area (TPSA) is 124 Å². The third-order valence-corrected chi connectivity index (χ3v) is 7.62. The lowest BCUT2D eigenvalue weighted by molar-refractivity contribution is -0.385. The van der Waals surface area contributed by atoms with E-state index in [0.29, 0.717) is 16.1 Å². The van der Waals surface area contributed by atoms with Crippen molar-refractivity contribution >= 4 is 46.1 Å². The number of rotatable bonds is 6. The zero-order valence-corrected chi connectivity index (χ0v) is 21.0. The summed E-state index contributed by atoms with van der Waals surface area (Å²) >= 11 is 2.47. The summed E-state index contributed by atoms with van der Waals surface area (Å²) in [4.78, 5) is 43.4. The number of nitro benzene ring substituents is 1. The molecule has 1 atom stereocenters. The van der Waals surface area contributed by atoms with E-state index in [1.807, 2.05) is 47.8 Å². The molecular weight excluding hydrogens is 514 g/mol. The summed E-state index contributed by atoms with van der Waals surface area (Å²) < 4.78 is 7.04. The number of aromatic hydroxyl groups is 1. The number of thiazole rings is 1. The highest BCUT2D eigenvalue weighted by atomic mass is 32.1. The van der Waals surface area contributed by atoms with Crippen molar-refractivity contribution in [1.82, 2.24) is 4.57 Å². The number of hydrogen-bond acceptors (Lipinski definition) is 9. The Morgan fingerprint density at radius 3 is 2.65 bits per heavy atom. The lowest BCUT2D eigenvalue weighted by atomic mass is 9.97. The number of phenols is 1. The van der Waals surface area contributed by atoms with Crippen molar-refractivity contribution in [2.24, 2.45) is 4.99 Å². The van der Waals surface area contributed by atoms with Gasteiger partial charge in [-0.25, -0.2) is 9.79 Å². The number of carbonyl (C=O) groups excluding carboxylic acids is 1. The number of nitrogens with zero attached hydrogens (tertiary/aromatic N) is 3. The number of thiophene rings is 1. The molecule has 0 bridgehead atoms. The SMILES string of the molecule is CCOC(=O)C1=C(c2ccccc2)N=c2sc(=Cc3cccc([N+](=O)[O-])c3O)c(=O)n2[C@H]1c1cccs1. The molecule has 0 saturated heterocycles. The number of para-hydroxylation sites is 1. The second kappa shape index (κ2) is 9.96. The molecule has 1 aliphatic heterocycles. The standard InChI is InChI=1S/C26H19N3O6S2/c1-2-35-25(32)20-21(15-8-4-3-5-9-15)27-26-28(22(20)18-12-7-13-36-18)24(31)19(37-26)14-16-10-6-11-17(23(16)30)29(33)34/h3-14,22,30H,2H2,1H3/t22-/m0/s1. The van der Waals surface area contributed by atoms with Gasteiger partial charge in [-0.1, -0.05) is 59.9 Å². The maximum atomic E-state index is 13.7. The Bertz CT molecular complexity index is 1720. The summed E-state index contributed by atoms with van der Waals surface area (Å²) in [5.74, 6) is -1.11. The summed E-state index contributed by atoms with van der Waals surface area (Å²) in [5, 5.41) is 23.5. The highest BCUT2D eigenvalue weighted by molar-refractivity contribution is 7.10. The first-order valence-electron chi connectivity index (χ1n) is 11.2. The van der Waals surface area contributed by atoms with E-state index in [-0.39, 0.29) is 22.3 Å². The molecule has 0 aliphatic carbocycles. The zero-order valence-electron chi connectivity index (χ0n) is 19.4. The largest absolute Gasteiger partial charge is 0.502 e. The lowest BCUT2D eigenvalue weighted by Gasteiger charge is -2.24. The molecule has 0 saturated carbocycles. The molecule has 186 valence electrons. The molecule has 3 heterocycles. The molecule has 0 amide bonds. The Morgan fingerprint density at radius 2 is 1.97 bits per heavy atom. The minimum absolute atomic E-state index is 0.125. The summed E-state index contributed by atoms with van der Waals surface area (Å²) in [7, 11) is 0. The van der Waals surface area contributed by atoms with Gasteiger partial charge in [-0.05, 0) is 24.4 Å². The van der Waals surface area contributed by atoms with Crippen molar-refractivity contribution in [3.8, 4) is 5.75 Å². The molecular formula is C26H19N3O6S2. The van der Waals surface area contributed by atoms with E-state index >= 15 is 0 Å². The van der Waals surface area contributed by atoms with E-state index in [1.54, 1.807) is 6.92 Å². The molecule has 37 heavy (non-hydrogen) atoms. The molecule has 5 rings (SSSR count). The predicted molar refractivity (Wildman–Crippen MR) is 140 cm³/mol. The van der Waals surface area contributed by atoms with Crippen LogP contribution >= 0.6 is 22.7 Å². The van der Waals surface area contributed by atoms with E-state index in [4.69, 9.17) is 9.73 Å². The van der Waals surface area contributed by atoms with Crippen LogP contribution in [0, 0.1) is 10.1 Å². The first kappa shape index (κ1) is 24.3. The Kier molecular flexibility index (Phi) is 6.55. The summed E-state index contributed by atoms with van der Waals surface area (Å²) in [6, 6.07) is 16.2. The number of ether oxygens (including phenoxy) is 1. The van der Waals surface area contributed by atoms with Crippen molar-refractivity contribution in [1.29, 1.82) is 0 Å². The van der Waals surface area contributed by atoms with Crippen molar-refractivity contribution in [2.45, 2.75) is 13.0 Å². The lowest BCUT2D eigenvalue weighted by Crippen LogP contribution is -2.39. The van der Waals surface area contributed by atoms with Gasteiger partial charge in [0.2, 0.25) is 5.75 Å². The average molecular weight is 534 g/mol. The van der Waals surface area contributed by atoms with Gasteiger partial charge in [-0.2, -0.15) is 0 Å². The van der Waals surface area contributed by atoms with Crippen molar-refractivity contribution < 1.29 is 19.6 Å². The van der Waals surface area contributed by atoms with Crippen LogP contribution in [0.4, 0.5) is 5.69 Å². The monoisotopic (exact) mass is 533 g/mol. The third kappa shape index (κ3) is 4.39. The minimum atomic E-state index is -0.786. The fourth-order valence-corrected chi connectivity index (χ4v) is 5.93. The predicted octanol–water partition coefficient (Wildman–Crippen LogP) is 3.61. The van der Waals surface area contributed by atoms with Crippen LogP contribution in [-0.2, 0) is 9.53 Å². The molecule has 2 aromatic heterocycles. The summed E-state index contributed by atoms with van der Waals surface area (Å²) in [6.45, 7) is 1.86. The number of aromatic nitrogens is 1. The molecule has 4 aromatic rings. The molecule has 0 radical (unpaired) electrons. The van der Waals surface area contributed by atoms with Crippen molar-refractivity contribution in [3.63, 3.8) is 0 Å². The minimum Gasteiger partial charge on any atom is -0.502 e. The number of benzene rings is 2. The summed E-state index contributed by atoms with van der Waals surface area (Å²) in [6.07, 6.45) is 1.40. The van der Waals surface area contributed by atoms with E-state index < -0.39 is 33.9 Å². The van der Waals surface area contributed by atoms with Crippen LogP contribution in [0.1, 0.15) is 29.0 Å². The highest BCUT2D eigenvalue weighted by Gasteiger charge is 2.35. The maximum Gasteiger partial charge on any atom is 0.338 e. The number of carbonyl (C=O) groups is 1. The Hall–Kier alpha value is -4.35. The van der Waals surface area contributed by atoms with Crippen LogP contribution in [0.25, 0.3) is 11.8 Å². The van der Waals surface area contributed by atoms with Crippen molar-refractivity contribution in [2.75, 3.05) is 6.61 Å². The molecule has 0 spiro atoms. The number of esters is 1. The van der Waals surface area contributed by atoms with Gasteiger partial charge >= 0.3 is 11.7 Å². The van der Waals surface area contributed by atoms with Gasteiger partial charge in [0.1, 0.15) is 6.04 Å². The molecule has 0 fully saturated rings. The van der Waals surface area contributed by atoms with Gasteiger partial charge in [0.25, 0.3) is 5.56 Å². The second-order valence-corrected chi connectivity index (χ2v) is 9.91. The molecule has 1 aliphatic rings. The van der Waals surface area contributed by atoms with Gasteiger partial charge < -0.3 is 9.84 Å². The maximum absolute atomic E-state index is 13.7. The summed E-state index contributed by atoms with van der Waals surface area (Å²) in [5.41, 5.74) is 0.563. The fraction of sp³-hybridized carbons (Fsp3) is 0.115. The third-order valence-electron chi connectivity index (χ3n) is 5.72. The number of nitro groups is 1. The van der Waals surface area contributed by atoms with Crippen LogP contribution in [0.3, 0.4) is 0 Å². The van der Waals surface area contributed by atoms with Gasteiger partial charge in [0.15, 0.2) is 4.80 Å². The van der Waals surface area contributed by atoms with Gasteiger partial charge in [0.05, 0.1) is 27.3 Å². The highest BCUT2D eigenvalue weighted by Crippen LogP contribution is 2.37. The molecule has 11 heteroatoms. The van der Waals surface area contributed by atoms with Crippen LogP contribution < -0.4 is 14.9 Å². The number of phenolic OH excluding ortho intramolecular Hbond substituents is 1. The van der Waals surface area contributed by atoms with E-state index in [2.05, 4.69) is 0 Å². The van der Waals surface area contributed by atoms with Gasteiger partial charge in [-0.15, -0.1) is 11.3 Å². The van der Waals surface area contributed by atoms with E-state index in [1.165, 1.54) is 40.2 Å². The fourth-order valence-electron chi connectivity index (χ4n) is 4.11. The van der Waals surface area contributed by atoms with Crippen LogP contribution in [0.5, 0.6) is 5.75 Å². The molecule has 1 N–H and O–H groups in total. The molecule has 9 nitrogen and oxygen atoms in total. The normalized spacial score (nSPS) is 15.3. The Morgan fingerprint density at radius 1 is 1.19 bits per heavy atom. The molecule has 2 aromatic carbocycles. The Balaban J connectivity index is 1.81. The van der Waals surface area contributed by atoms with Crippen LogP contribution in [0.15, 0.2) is 81.4 Å². The van der Waals surface area contributed by atoms with Crippen LogP contribution in [0.2, 0.25) is 0 Å². The van der Waals surface area contributed by atoms with Crippen LogP contribution in [-0.4, -0.2) is 27.2 Å². The first-order chi connectivity index (χ1) is 17.9. The smallest absolute Gasteiger partial charge is 0.338 e. The van der Waals surface area contributed by atoms with Gasteiger partial charge in [0, 0.05) is 22.1 Å². The van der Waals surface area contributed by atoms with E-state index in [0.717, 1.165) is 16.2 Å². The quantitative estimate of drug-likeness (QED) is 0.229. The van der Waals surface area contributed by atoms with Gasteiger partial charge in [-0.3, -0.25) is 19.5 Å². The second-order valence-electron chi connectivity index (χ2n) is 7.92.